The molecule has 1 unspecified atom stereocenters. The highest BCUT2D eigenvalue weighted by atomic mass is 35.5. The molecule has 0 bridgehead atoms. The Balaban J connectivity index is 2.29. The van der Waals surface area contributed by atoms with Crippen LogP contribution in [-0.2, 0) is 14.8 Å². The van der Waals surface area contributed by atoms with Gasteiger partial charge in [-0.3, -0.25) is 4.79 Å². The largest absolute Gasteiger partial charge is 0.330 e. The number of hydrogen-bond acceptors (Lipinski definition) is 4. The zero-order valence-corrected chi connectivity index (χ0v) is 14.0. The lowest BCUT2D eigenvalue weighted by atomic mass is 10.1. The van der Waals surface area contributed by atoms with E-state index in [4.69, 9.17) is 17.3 Å². The molecule has 0 aromatic heterocycles. The van der Waals surface area contributed by atoms with Gasteiger partial charge in [-0.2, -0.15) is 4.31 Å². The lowest BCUT2D eigenvalue weighted by molar-refractivity contribution is -0.119. The van der Waals surface area contributed by atoms with Crippen molar-refractivity contribution < 1.29 is 13.2 Å². The maximum absolute atomic E-state index is 12.6. The number of sulfonamides is 1. The van der Waals surface area contributed by atoms with Gasteiger partial charge in [0, 0.05) is 31.2 Å². The van der Waals surface area contributed by atoms with Crippen LogP contribution in [0.25, 0.3) is 0 Å². The molecule has 8 heteroatoms. The highest BCUT2D eigenvalue weighted by molar-refractivity contribution is 7.89. The van der Waals surface area contributed by atoms with Crippen molar-refractivity contribution in [1.29, 1.82) is 0 Å². The van der Waals surface area contributed by atoms with Crippen molar-refractivity contribution in [2.24, 2.45) is 11.7 Å². The number of nitrogens with one attached hydrogen (secondary N) is 1. The van der Waals surface area contributed by atoms with Crippen molar-refractivity contribution in [3.8, 4) is 0 Å². The second-order valence-corrected chi connectivity index (χ2v) is 7.70. The van der Waals surface area contributed by atoms with E-state index in [0.717, 1.165) is 12.8 Å². The predicted octanol–water partition coefficient (Wildman–Crippen LogP) is 1.66. The topological polar surface area (TPSA) is 92.5 Å². The Hall–Kier alpha value is -1.15. The van der Waals surface area contributed by atoms with Crippen LogP contribution >= 0.6 is 11.6 Å². The van der Waals surface area contributed by atoms with Crippen molar-refractivity contribution in [3.63, 3.8) is 0 Å². The van der Waals surface area contributed by atoms with Crippen LogP contribution < -0.4 is 11.1 Å². The number of carbonyl (C=O) groups excluding carboxylic acids is 1. The molecule has 1 atom stereocenters. The minimum atomic E-state index is -3.63. The van der Waals surface area contributed by atoms with Crippen LogP contribution in [-0.4, -0.2) is 38.3 Å². The summed E-state index contributed by atoms with van der Waals surface area (Å²) < 4.78 is 26.6. The summed E-state index contributed by atoms with van der Waals surface area (Å²) in [6.07, 6.45) is 1.70. The molecule has 3 N–H and O–H groups in total. The van der Waals surface area contributed by atoms with Gasteiger partial charge in [0.05, 0.1) is 5.02 Å². The number of hydrogen-bond donors (Lipinski definition) is 2. The van der Waals surface area contributed by atoms with E-state index in [1.807, 2.05) is 0 Å². The molecule has 1 amide bonds. The van der Waals surface area contributed by atoms with Crippen LogP contribution in [0.15, 0.2) is 23.1 Å². The summed E-state index contributed by atoms with van der Waals surface area (Å²) >= 11 is 6.05. The summed E-state index contributed by atoms with van der Waals surface area (Å²) in [6, 6.07) is 4.46. The summed E-state index contributed by atoms with van der Waals surface area (Å²) in [5.74, 6) is -0.608. The second kappa shape index (κ2) is 6.95. The van der Waals surface area contributed by atoms with Crippen LogP contribution in [0.3, 0.4) is 0 Å². The Morgan fingerprint density at radius 3 is 2.64 bits per heavy atom. The van der Waals surface area contributed by atoms with Crippen molar-refractivity contribution in [2.45, 2.75) is 24.7 Å². The van der Waals surface area contributed by atoms with Gasteiger partial charge in [0.25, 0.3) is 0 Å². The minimum Gasteiger partial charge on any atom is -0.330 e. The smallest absolute Gasteiger partial charge is 0.244 e. The molecule has 0 aliphatic carbocycles. The van der Waals surface area contributed by atoms with Crippen LogP contribution in [0.2, 0.25) is 5.02 Å². The highest BCUT2D eigenvalue weighted by Crippen LogP contribution is 2.29. The van der Waals surface area contributed by atoms with E-state index in [-0.39, 0.29) is 28.3 Å². The predicted molar refractivity (Wildman–Crippen MR) is 86.3 cm³/mol. The third-order valence-electron chi connectivity index (χ3n) is 3.68. The average Bonchev–Trinajstić information content (AvgIpc) is 3.03. The van der Waals surface area contributed by atoms with Crippen molar-refractivity contribution in [1.82, 2.24) is 4.31 Å². The van der Waals surface area contributed by atoms with Crippen LogP contribution in [0.4, 0.5) is 5.69 Å². The Labute approximate surface area is 135 Å². The first-order valence-corrected chi connectivity index (χ1v) is 8.98. The summed E-state index contributed by atoms with van der Waals surface area (Å²) in [4.78, 5) is 11.9. The molecule has 1 aromatic rings. The molecule has 22 heavy (non-hydrogen) atoms. The normalized spacial score (nSPS) is 17.4. The molecule has 1 aromatic carbocycles. The Bertz CT molecular complexity index is 657. The Morgan fingerprint density at radius 1 is 1.41 bits per heavy atom. The lowest BCUT2D eigenvalue weighted by Crippen LogP contribution is -2.29. The summed E-state index contributed by atoms with van der Waals surface area (Å²) in [6.45, 7) is 2.92. The maximum Gasteiger partial charge on any atom is 0.244 e. The molecule has 1 saturated heterocycles. The first kappa shape index (κ1) is 17.2. The molecule has 1 aliphatic rings. The van der Waals surface area contributed by atoms with E-state index in [0.29, 0.717) is 18.8 Å². The number of nitrogens with two attached hydrogens (primary N) is 1. The first-order chi connectivity index (χ1) is 10.4. The molecule has 1 aliphatic heterocycles. The lowest BCUT2D eigenvalue weighted by Gasteiger charge is -2.17. The molecule has 0 saturated carbocycles. The van der Waals surface area contributed by atoms with Gasteiger partial charge in [-0.05, 0) is 31.0 Å². The Morgan fingerprint density at radius 2 is 2.05 bits per heavy atom. The van der Waals surface area contributed by atoms with Gasteiger partial charge in [-0.1, -0.05) is 18.5 Å². The molecule has 1 fully saturated rings. The molecule has 122 valence electrons. The number of amides is 1. The minimum absolute atomic E-state index is 0.0225. The van der Waals surface area contributed by atoms with Gasteiger partial charge < -0.3 is 11.1 Å². The fourth-order valence-electron chi connectivity index (χ4n) is 2.22. The fraction of sp³-hybridized carbons (Fsp3) is 0.500. The van der Waals surface area contributed by atoms with Crippen LogP contribution in [0, 0.1) is 5.92 Å². The fourth-order valence-corrected chi connectivity index (χ4v) is 4.24. The van der Waals surface area contributed by atoms with Crippen molar-refractivity contribution in [3.05, 3.63) is 23.2 Å². The molecule has 2 rings (SSSR count). The van der Waals surface area contributed by atoms with E-state index in [2.05, 4.69) is 5.32 Å². The van der Waals surface area contributed by atoms with Crippen LogP contribution in [0.1, 0.15) is 19.8 Å². The molecular weight excluding hydrogens is 326 g/mol. The van der Waals surface area contributed by atoms with E-state index >= 15 is 0 Å². The molecule has 6 nitrogen and oxygen atoms in total. The summed E-state index contributed by atoms with van der Waals surface area (Å²) in [7, 11) is -3.63. The summed E-state index contributed by atoms with van der Waals surface area (Å²) in [5, 5.41) is 2.81. The molecule has 0 radical (unpaired) electrons. The zero-order chi connectivity index (χ0) is 16.3. The number of halogens is 1. The summed E-state index contributed by atoms with van der Waals surface area (Å²) in [5.41, 5.74) is 5.84. The van der Waals surface area contributed by atoms with Gasteiger partial charge in [0.15, 0.2) is 0 Å². The zero-order valence-electron chi connectivity index (χ0n) is 12.4. The number of nitrogens with zero attached hydrogens (tertiary/aromatic N) is 1. The van der Waals surface area contributed by atoms with Gasteiger partial charge >= 0.3 is 0 Å². The van der Waals surface area contributed by atoms with Crippen LogP contribution in [0.5, 0.6) is 0 Å². The molecule has 0 spiro atoms. The third kappa shape index (κ3) is 3.60. The van der Waals surface area contributed by atoms with E-state index < -0.39 is 10.0 Å². The average molecular weight is 346 g/mol. The first-order valence-electron chi connectivity index (χ1n) is 7.17. The monoisotopic (exact) mass is 345 g/mol. The van der Waals surface area contributed by atoms with E-state index in [1.54, 1.807) is 13.0 Å². The second-order valence-electron chi connectivity index (χ2n) is 5.38. The van der Waals surface area contributed by atoms with Gasteiger partial charge in [0.2, 0.25) is 15.9 Å². The van der Waals surface area contributed by atoms with Crippen molar-refractivity contribution >= 4 is 33.2 Å². The quantitative estimate of drug-likeness (QED) is 0.848. The van der Waals surface area contributed by atoms with E-state index in [1.165, 1.54) is 16.4 Å². The SMILES string of the molecule is CC(CN)C(=O)Nc1ccc(Cl)c(S(=O)(=O)N2CCCC2)c1. The van der Waals surface area contributed by atoms with Gasteiger partial charge in [-0.25, -0.2) is 8.42 Å². The van der Waals surface area contributed by atoms with E-state index in [9.17, 15) is 13.2 Å². The molecular formula is C14H20ClN3O3S. The third-order valence-corrected chi connectivity index (χ3v) is 6.06. The van der Waals surface area contributed by atoms with Gasteiger partial charge in [0.1, 0.15) is 4.90 Å². The van der Waals surface area contributed by atoms with Gasteiger partial charge in [-0.15, -0.1) is 0 Å². The standard InChI is InChI=1S/C14H20ClN3O3S/c1-10(9-16)14(19)17-11-4-5-12(15)13(8-11)22(20,21)18-6-2-3-7-18/h4-5,8,10H,2-3,6-7,9,16H2,1H3,(H,17,19). The number of carbonyl (C=O) groups is 1. The Kier molecular flexibility index (Phi) is 5.44. The van der Waals surface area contributed by atoms with Crippen molar-refractivity contribution in [2.75, 3.05) is 25.0 Å². The highest BCUT2D eigenvalue weighted by Gasteiger charge is 2.29. The number of anilines is 1. The number of benzene rings is 1. The molecule has 1 heterocycles. The maximum atomic E-state index is 12.6. The number of rotatable bonds is 5.